The number of rotatable bonds is 6. The predicted molar refractivity (Wildman–Crippen MR) is 127 cm³/mol. The Kier molecular flexibility index (Phi) is 6.12. The third-order valence-electron chi connectivity index (χ3n) is 5.15. The van der Waals surface area contributed by atoms with E-state index in [1.807, 2.05) is 84.5 Å². The minimum atomic E-state index is -0.209. The Labute approximate surface area is 186 Å². The molecule has 3 aromatic carbocycles. The molecule has 160 valence electrons. The second kappa shape index (κ2) is 9.31. The molecule has 32 heavy (non-hydrogen) atoms. The van der Waals surface area contributed by atoms with Gasteiger partial charge in [-0.3, -0.25) is 14.3 Å². The third-order valence-corrected chi connectivity index (χ3v) is 5.15. The third kappa shape index (κ3) is 4.92. The highest BCUT2D eigenvalue weighted by atomic mass is 16.2. The molecule has 0 aliphatic heterocycles. The van der Waals surface area contributed by atoms with Gasteiger partial charge in [-0.25, -0.2) is 0 Å². The summed E-state index contributed by atoms with van der Waals surface area (Å²) in [5.74, 6) is -0.364. The van der Waals surface area contributed by atoms with Gasteiger partial charge in [0.1, 0.15) is 0 Å². The molecule has 0 aliphatic rings. The summed E-state index contributed by atoms with van der Waals surface area (Å²) in [7, 11) is 0. The molecule has 1 aromatic heterocycles. The van der Waals surface area contributed by atoms with Gasteiger partial charge in [-0.2, -0.15) is 5.10 Å². The fraction of sp³-hybridized carbons (Fsp3) is 0.115. The smallest absolute Gasteiger partial charge is 0.256 e. The quantitative estimate of drug-likeness (QED) is 0.451. The number of anilines is 2. The van der Waals surface area contributed by atoms with Gasteiger partial charge in [0, 0.05) is 36.3 Å². The van der Waals surface area contributed by atoms with Crippen molar-refractivity contribution in [2.24, 2.45) is 0 Å². The summed E-state index contributed by atoms with van der Waals surface area (Å²) in [6.07, 6.45) is 3.69. The van der Waals surface area contributed by atoms with Crippen molar-refractivity contribution in [3.8, 4) is 11.1 Å². The largest absolute Gasteiger partial charge is 0.326 e. The number of nitrogens with one attached hydrogen (secondary N) is 2. The number of carbonyl (C=O) groups is 2. The van der Waals surface area contributed by atoms with Crippen molar-refractivity contribution in [1.82, 2.24) is 9.78 Å². The number of hydrogen-bond acceptors (Lipinski definition) is 3. The van der Waals surface area contributed by atoms with Crippen LogP contribution in [-0.4, -0.2) is 21.6 Å². The number of nitrogens with zero attached hydrogens (tertiary/aromatic N) is 2. The van der Waals surface area contributed by atoms with E-state index in [2.05, 4.69) is 15.7 Å². The maximum absolute atomic E-state index is 13.1. The van der Waals surface area contributed by atoms with Crippen molar-refractivity contribution in [2.75, 3.05) is 10.6 Å². The summed E-state index contributed by atoms with van der Waals surface area (Å²) in [6.45, 7) is 4.06. The molecule has 0 saturated carbocycles. The lowest BCUT2D eigenvalue weighted by Crippen LogP contribution is -2.14. The molecule has 6 nitrogen and oxygen atoms in total. The molecule has 4 rings (SSSR count). The minimum Gasteiger partial charge on any atom is -0.326 e. The Morgan fingerprint density at radius 2 is 1.72 bits per heavy atom. The van der Waals surface area contributed by atoms with Crippen LogP contribution in [-0.2, 0) is 11.3 Å². The molecule has 0 bridgehead atoms. The first-order valence-corrected chi connectivity index (χ1v) is 10.3. The van der Waals surface area contributed by atoms with E-state index in [-0.39, 0.29) is 11.8 Å². The van der Waals surface area contributed by atoms with Crippen molar-refractivity contribution < 1.29 is 9.59 Å². The van der Waals surface area contributed by atoms with E-state index in [1.54, 1.807) is 12.3 Å². The fourth-order valence-electron chi connectivity index (χ4n) is 3.53. The van der Waals surface area contributed by atoms with Gasteiger partial charge in [-0.05, 0) is 53.4 Å². The topological polar surface area (TPSA) is 76.0 Å². The Hall–Kier alpha value is -4.19. The monoisotopic (exact) mass is 424 g/mol. The van der Waals surface area contributed by atoms with Gasteiger partial charge in [-0.15, -0.1) is 0 Å². The molecule has 0 spiro atoms. The van der Waals surface area contributed by atoms with E-state index in [0.29, 0.717) is 23.5 Å². The van der Waals surface area contributed by atoms with E-state index in [9.17, 15) is 9.59 Å². The molecule has 0 saturated heterocycles. The number of carbonyl (C=O) groups excluding carboxylic acids is 2. The lowest BCUT2D eigenvalue weighted by atomic mass is 9.98. The normalized spacial score (nSPS) is 10.6. The van der Waals surface area contributed by atoms with Crippen LogP contribution in [0.3, 0.4) is 0 Å². The van der Waals surface area contributed by atoms with Crippen molar-refractivity contribution in [2.45, 2.75) is 20.4 Å². The summed E-state index contributed by atoms with van der Waals surface area (Å²) < 4.78 is 1.87. The number of benzene rings is 3. The van der Waals surface area contributed by atoms with E-state index in [0.717, 1.165) is 22.3 Å². The van der Waals surface area contributed by atoms with E-state index >= 15 is 0 Å². The van der Waals surface area contributed by atoms with Gasteiger partial charge < -0.3 is 10.6 Å². The van der Waals surface area contributed by atoms with Crippen LogP contribution < -0.4 is 10.6 Å². The molecule has 4 aromatic rings. The van der Waals surface area contributed by atoms with Crippen molar-refractivity contribution in [1.29, 1.82) is 0 Å². The summed E-state index contributed by atoms with van der Waals surface area (Å²) in [4.78, 5) is 24.5. The standard InChI is InChI=1S/C26H24N4O2/c1-18-8-13-22(16-25(18)28-19(2)31)29-26(32)24-7-4-3-6-23(24)21-11-9-20(10-12-21)17-30-15-5-14-27-30/h3-16H,17H2,1-2H3,(H,28,31)(H,29,32). The molecular weight excluding hydrogens is 400 g/mol. The first kappa shape index (κ1) is 21.1. The highest BCUT2D eigenvalue weighted by molar-refractivity contribution is 6.09. The Bertz CT molecular complexity index is 1250. The number of aryl methyl sites for hydroxylation is 1. The van der Waals surface area contributed by atoms with Crippen LogP contribution in [0.1, 0.15) is 28.4 Å². The molecule has 0 atom stereocenters. The average Bonchev–Trinajstić information content (AvgIpc) is 3.29. The molecular formula is C26H24N4O2. The molecule has 0 unspecified atom stereocenters. The zero-order valence-electron chi connectivity index (χ0n) is 18.0. The van der Waals surface area contributed by atoms with Gasteiger partial charge in [0.2, 0.25) is 5.91 Å². The van der Waals surface area contributed by atoms with Crippen LogP contribution in [0.5, 0.6) is 0 Å². The zero-order valence-corrected chi connectivity index (χ0v) is 18.0. The van der Waals surface area contributed by atoms with E-state index < -0.39 is 0 Å². The first-order valence-electron chi connectivity index (χ1n) is 10.3. The zero-order chi connectivity index (χ0) is 22.5. The molecule has 0 aliphatic carbocycles. The van der Waals surface area contributed by atoms with E-state index in [1.165, 1.54) is 6.92 Å². The second-order valence-electron chi connectivity index (χ2n) is 7.61. The van der Waals surface area contributed by atoms with E-state index in [4.69, 9.17) is 0 Å². The van der Waals surface area contributed by atoms with Gasteiger partial charge in [0.15, 0.2) is 0 Å². The van der Waals surface area contributed by atoms with Crippen LogP contribution >= 0.6 is 0 Å². The van der Waals surface area contributed by atoms with Gasteiger partial charge in [-0.1, -0.05) is 48.5 Å². The predicted octanol–water partition coefficient (Wildman–Crippen LogP) is 5.12. The molecule has 6 heteroatoms. The first-order chi connectivity index (χ1) is 15.5. The van der Waals surface area contributed by atoms with Gasteiger partial charge in [0.05, 0.1) is 6.54 Å². The molecule has 2 N–H and O–H groups in total. The Morgan fingerprint density at radius 3 is 2.44 bits per heavy atom. The number of hydrogen-bond donors (Lipinski definition) is 2. The SMILES string of the molecule is CC(=O)Nc1cc(NC(=O)c2ccccc2-c2ccc(Cn3cccn3)cc2)ccc1C. The summed E-state index contributed by atoms with van der Waals surface area (Å²) in [5.41, 5.74) is 5.74. The van der Waals surface area contributed by atoms with Gasteiger partial charge >= 0.3 is 0 Å². The van der Waals surface area contributed by atoms with Crippen molar-refractivity contribution >= 4 is 23.2 Å². The summed E-state index contributed by atoms with van der Waals surface area (Å²) in [5, 5.41) is 9.97. The highest BCUT2D eigenvalue weighted by Crippen LogP contribution is 2.26. The second-order valence-corrected chi connectivity index (χ2v) is 7.61. The van der Waals surface area contributed by atoms with Crippen LogP contribution in [0.4, 0.5) is 11.4 Å². The number of amides is 2. The highest BCUT2D eigenvalue weighted by Gasteiger charge is 2.13. The van der Waals surface area contributed by atoms with Crippen LogP contribution in [0, 0.1) is 6.92 Å². The van der Waals surface area contributed by atoms with Gasteiger partial charge in [0.25, 0.3) is 5.91 Å². The van der Waals surface area contributed by atoms with Crippen LogP contribution in [0.25, 0.3) is 11.1 Å². The maximum atomic E-state index is 13.1. The molecule has 0 radical (unpaired) electrons. The van der Waals surface area contributed by atoms with Crippen molar-refractivity contribution in [3.63, 3.8) is 0 Å². The maximum Gasteiger partial charge on any atom is 0.256 e. The van der Waals surface area contributed by atoms with Crippen LogP contribution in [0.2, 0.25) is 0 Å². The number of aromatic nitrogens is 2. The molecule has 0 fully saturated rings. The summed E-state index contributed by atoms with van der Waals surface area (Å²) >= 11 is 0. The lowest BCUT2D eigenvalue weighted by molar-refractivity contribution is -0.114. The molecule has 2 amide bonds. The Balaban J connectivity index is 1.55. The lowest BCUT2D eigenvalue weighted by Gasteiger charge is -2.13. The minimum absolute atomic E-state index is 0.155. The van der Waals surface area contributed by atoms with Crippen molar-refractivity contribution in [3.05, 3.63) is 102 Å². The molecule has 1 heterocycles. The average molecular weight is 425 g/mol. The summed E-state index contributed by atoms with van der Waals surface area (Å²) in [6, 6.07) is 23.0. The van der Waals surface area contributed by atoms with Crippen LogP contribution in [0.15, 0.2) is 85.2 Å². The fourth-order valence-corrected chi connectivity index (χ4v) is 3.53. The Morgan fingerprint density at radius 1 is 0.938 bits per heavy atom.